The zero-order valence-electron chi connectivity index (χ0n) is 17.4. The number of rotatable bonds is 6. The minimum Gasteiger partial charge on any atom is -0.339 e. The SMILES string of the molecule is CN(CC(=O)Nc1ccccc1C(=O)N1CCCCCC1)S(=O)(=O)c1ccc(Cl)cc1. The maximum atomic E-state index is 13.0. The van der Waals surface area contributed by atoms with Crippen LogP contribution < -0.4 is 5.32 Å². The smallest absolute Gasteiger partial charge is 0.255 e. The molecule has 0 aliphatic carbocycles. The number of sulfonamides is 1. The molecule has 1 fully saturated rings. The summed E-state index contributed by atoms with van der Waals surface area (Å²) in [4.78, 5) is 27.5. The van der Waals surface area contributed by atoms with Crippen LogP contribution in [0.3, 0.4) is 0 Å². The third-order valence-electron chi connectivity index (χ3n) is 5.21. The van der Waals surface area contributed by atoms with Crippen molar-refractivity contribution in [2.24, 2.45) is 0 Å². The molecule has 0 radical (unpaired) electrons. The highest BCUT2D eigenvalue weighted by Crippen LogP contribution is 2.21. The van der Waals surface area contributed by atoms with Gasteiger partial charge in [-0.25, -0.2) is 8.42 Å². The summed E-state index contributed by atoms with van der Waals surface area (Å²) in [6, 6.07) is 12.5. The van der Waals surface area contributed by atoms with E-state index in [-0.39, 0.29) is 10.8 Å². The zero-order valence-corrected chi connectivity index (χ0v) is 19.0. The summed E-state index contributed by atoms with van der Waals surface area (Å²) < 4.78 is 26.3. The number of hydrogen-bond acceptors (Lipinski definition) is 4. The van der Waals surface area contributed by atoms with Crippen molar-refractivity contribution in [2.75, 3.05) is 32.0 Å². The van der Waals surface area contributed by atoms with Gasteiger partial charge in [-0.3, -0.25) is 9.59 Å². The molecule has 9 heteroatoms. The van der Waals surface area contributed by atoms with Gasteiger partial charge in [0.2, 0.25) is 15.9 Å². The molecular formula is C22H26ClN3O4S. The van der Waals surface area contributed by atoms with Crippen LogP contribution in [-0.2, 0) is 14.8 Å². The number of carbonyl (C=O) groups excluding carboxylic acids is 2. The Balaban J connectivity index is 1.70. The average Bonchev–Trinajstić information content (AvgIpc) is 3.03. The molecule has 0 unspecified atom stereocenters. The first-order valence-corrected chi connectivity index (χ1v) is 12.0. The number of nitrogens with one attached hydrogen (secondary N) is 1. The van der Waals surface area contributed by atoms with E-state index < -0.39 is 22.5 Å². The summed E-state index contributed by atoms with van der Waals surface area (Å²) in [6.45, 7) is 1.00. The largest absolute Gasteiger partial charge is 0.339 e. The number of likely N-dealkylation sites (N-methyl/N-ethyl adjacent to an activating group) is 1. The van der Waals surface area contributed by atoms with Gasteiger partial charge in [0.1, 0.15) is 0 Å². The molecule has 166 valence electrons. The van der Waals surface area contributed by atoms with Crippen LogP contribution in [0.15, 0.2) is 53.4 Å². The van der Waals surface area contributed by atoms with E-state index in [1.807, 2.05) is 4.90 Å². The first-order valence-electron chi connectivity index (χ1n) is 10.2. The second kappa shape index (κ2) is 10.3. The second-order valence-corrected chi connectivity index (χ2v) is 10.00. The molecule has 31 heavy (non-hydrogen) atoms. The van der Waals surface area contributed by atoms with Crippen molar-refractivity contribution in [3.05, 3.63) is 59.1 Å². The van der Waals surface area contributed by atoms with E-state index in [2.05, 4.69) is 5.32 Å². The Labute approximate surface area is 188 Å². The number of anilines is 1. The molecule has 0 bridgehead atoms. The van der Waals surface area contributed by atoms with Gasteiger partial charge >= 0.3 is 0 Å². The Morgan fingerprint density at radius 1 is 1.00 bits per heavy atom. The molecule has 2 aromatic rings. The van der Waals surface area contributed by atoms with Crippen molar-refractivity contribution in [3.63, 3.8) is 0 Å². The van der Waals surface area contributed by atoms with Crippen LogP contribution in [0.1, 0.15) is 36.0 Å². The highest BCUT2D eigenvalue weighted by atomic mass is 35.5. The fraction of sp³-hybridized carbons (Fsp3) is 0.364. The van der Waals surface area contributed by atoms with Gasteiger partial charge in [-0.05, 0) is 49.2 Å². The van der Waals surface area contributed by atoms with Gasteiger partial charge in [-0.15, -0.1) is 0 Å². The number of amides is 2. The standard InChI is InChI=1S/C22H26ClN3O4S/c1-25(31(29,30)18-12-10-17(23)11-13-18)16-21(27)24-20-9-5-4-8-19(20)22(28)26-14-6-2-3-7-15-26/h4-5,8-13H,2-3,6-7,14-16H2,1H3,(H,24,27). The molecule has 1 aliphatic heterocycles. The number of halogens is 1. The molecule has 1 aliphatic rings. The van der Waals surface area contributed by atoms with E-state index in [1.165, 1.54) is 31.3 Å². The summed E-state index contributed by atoms with van der Waals surface area (Å²) in [5.74, 6) is -0.656. The highest BCUT2D eigenvalue weighted by Gasteiger charge is 2.24. The van der Waals surface area contributed by atoms with Gasteiger partial charge in [-0.1, -0.05) is 36.6 Å². The molecule has 1 saturated heterocycles. The first kappa shape index (κ1) is 23.2. The van der Waals surface area contributed by atoms with E-state index in [0.29, 0.717) is 29.4 Å². The fourth-order valence-corrected chi connectivity index (χ4v) is 4.74. The van der Waals surface area contributed by atoms with E-state index in [4.69, 9.17) is 11.6 Å². The van der Waals surface area contributed by atoms with Crippen LogP contribution in [0.4, 0.5) is 5.69 Å². The third kappa shape index (κ3) is 5.84. The normalized spacial score (nSPS) is 14.9. The van der Waals surface area contributed by atoms with E-state index in [1.54, 1.807) is 24.3 Å². The second-order valence-electron chi connectivity index (χ2n) is 7.52. The lowest BCUT2D eigenvalue weighted by atomic mass is 10.1. The van der Waals surface area contributed by atoms with Crippen molar-refractivity contribution in [1.29, 1.82) is 0 Å². The summed E-state index contributed by atoms with van der Waals surface area (Å²) in [6.07, 6.45) is 4.15. The summed E-state index contributed by atoms with van der Waals surface area (Å²) in [5.41, 5.74) is 0.778. The van der Waals surface area contributed by atoms with Crippen LogP contribution in [0.2, 0.25) is 5.02 Å². The quantitative estimate of drug-likeness (QED) is 0.708. The topological polar surface area (TPSA) is 86.8 Å². The fourth-order valence-electron chi connectivity index (χ4n) is 3.49. The van der Waals surface area contributed by atoms with Crippen molar-refractivity contribution >= 4 is 39.1 Å². The van der Waals surface area contributed by atoms with Crippen molar-refractivity contribution in [3.8, 4) is 0 Å². The Kier molecular flexibility index (Phi) is 7.69. The number of benzene rings is 2. The van der Waals surface area contributed by atoms with Gasteiger partial charge in [0.05, 0.1) is 22.7 Å². The molecule has 0 aromatic heterocycles. The van der Waals surface area contributed by atoms with Crippen LogP contribution in [0, 0.1) is 0 Å². The minimum atomic E-state index is -3.85. The van der Waals surface area contributed by atoms with Gasteiger partial charge in [0.15, 0.2) is 0 Å². The lowest BCUT2D eigenvalue weighted by molar-refractivity contribution is -0.116. The van der Waals surface area contributed by atoms with Crippen molar-refractivity contribution < 1.29 is 18.0 Å². The summed E-state index contributed by atoms with van der Waals surface area (Å²) in [7, 11) is -2.52. The van der Waals surface area contributed by atoms with E-state index in [9.17, 15) is 18.0 Å². The Hall–Kier alpha value is -2.42. The highest BCUT2D eigenvalue weighted by molar-refractivity contribution is 7.89. The van der Waals surface area contributed by atoms with Gasteiger partial charge in [0.25, 0.3) is 5.91 Å². The predicted octanol–water partition coefficient (Wildman–Crippen LogP) is 3.62. The Morgan fingerprint density at radius 3 is 2.26 bits per heavy atom. The monoisotopic (exact) mass is 463 g/mol. The maximum Gasteiger partial charge on any atom is 0.255 e. The lowest BCUT2D eigenvalue weighted by Crippen LogP contribution is -2.36. The predicted molar refractivity (Wildman–Crippen MR) is 121 cm³/mol. The van der Waals surface area contributed by atoms with Crippen LogP contribution in [0.25, 0.3) is 0 Å². The molecule has 0 saturated carbocycles. The third-order valence-corrected chi connectivity index (χ3v) is 7.28. The van der Waals surface area contributed by atoms with Crippen LogP contribution in [-0.4, -0.2) is 56.1 Å². The Morgan fingerprint density at radius 2 is 1.61 bits per heavy atom. The number of hydrogen-bond donors (Lipinski definition) is 1. The van der Waals surface area contributed by atoms with Gasteiger partial charge in [0, 0.05) is 25.2 Å². The average molecular weight is 464 g/mol. The Bertz CT molecular complexity index is 1030. The molecule has 1 heterocycles. The molecular weight excluding hydrogens is 438 g/mol. The molecule has 2 amide bonds. The number of likely N-dealkylation sites (tertiary alicyclic amines) is 1. The first-order chi connectivity index (χ1) is 14.8. The maximum absolute atomic E-state index is 13.0. The summed E-state index contributed by atoms with van der Waals surface area (Å²) >= 11 is 5.82. The van der Waals surface area contributed by atoms with E-state index in [0.717, 1.165) is 30.0 Å². The molecule has 3 rings (SSSR count). The number of nitrogens with zero attached hydrogens (tertiary/aromatic N) is 2. The van der Waals surface area contributed by atoms with Crippen molar-refractivity contribution in [1.82, 2.24) is 9.21 Å². The van der Waals surface area contributed by atoms with Crippen LogP contribution >= 0.6 is 11.6 Å². The minimum absolute atomic E-state index is 0.0453. The van der Waals surface area contributed by atoms with Crippen molar-refractivity contribution in [2.45, 2.75) is 30.6 Å². The zero-order chi connectivity index (χ0) is 22.4. The van der Waals surface area contributed by atoms with Crippen LogP contribution in [0.5, 0.6) is 0 Å². The van der Waals surface area contributed by atoms with Gasteiger partial charge in [-0.2, -0.15) is 4.31 Å². The molecule has 2 aromatic carbocycles. The van der Waals surface area contributed by atoms with Gasteiger partial charge < -0.3 is 10.2 Å². The molecule has 7 nitrogen and oxygen atoms in total. The molecule has 0 atom stereocenters. The molecule has 1 N–H and O–H groups in total. The number of para-hydroxylation sites is 1. The number of carbonyl (C=O) groups is 2. The lowest BCUT2D eigenvalue weighted by Gasteiger charge is -2.22. The molecule has 0 spiro atoms. The summed E-state index contributed by atoms with van der Waals surface area (Å²) in [5, 5.41) is 3.12. The van der Waals surface area contributed by atoms with E-state index >= 15 is 0 Å².